The van der Waals surface area contributed by atoms with Crippen LogP contribution in [-0.4, -0.2) is 10.9 Å². The average molecular weight is 358 g/mol. The summed E-state index contributed by atoms with van der Waals surface area (Å²) in [6, 6.07) is 17.8. The zero-order chi connectivity index (χ0) is 16.9. The SMILES string of the molecule is O=C(Nc1ccc(Nc2cccc(Cl)c2)cn1)c1ccccc1Cl. The number of pyridine rings is 1. The van der Waals surface area contributed by atoms with Crippen molar-refractivity contribution in [3.05, 3.63) is 82.5 Å². The lowest BCUT2D eigenvalue weighted by atomic mass is 10.2. The third kappa shape index (κ3) is 4.04. The Morgan fingerprint density at radius 3 is 2.46 bits per heavy atom. The summed E-state index contributed by atoms with van der Waals surface area (Å²) in [6.07, 6.45) is 1.63. The Labute approximate surface area is 149 Å². The number of carbonyl (C=O) groups excluding carboxylic acids is 1. The Kier molecular flexibility index (Phi) is 4.99. The van der Waals surface area contributed by atoms with Gasteiger partial charge in [-0.3, -0.25) is 4.79 Å². The van der Waals surface area contributed by atoms with Gasteiger partial charge in [0.05, 0.1) is 22.5 Å². The molecule has 0 aliphatic rings. The summed E-state index contributed by atoms with van der Waals surface area (Å²) in [4.78, 5) is 16.4. The molecule has 0 aliphatic carbocycles. The van der Waals surface area contributed by atoms with Gasteiger partial charge in [0.2, 0.25) is 0 Å². The highest BCUT2D eigenvalue weighted by molar-refractivity contribution is 6.34. The van der Waals surface area contributed by atoms with Gasteiger partial charge in [0, 0.05) is 10.7 Å². The van der Waals surface area contributed by atoms with Gasteiger partial charge in [0.25, 0.3) is 5.91 Å². The Hall–Kier alpha value is -2.56. The van der Waals surface area contributed by atoms with E-state index in [1.807, 2.05) is 24.3 Å². The molecular formula is C18H13Cl2N3O. The molecule has 1 heterocycles. The molecule has 0 fully saturated rings. The van der Waals surface area contributed by atoms with Crippen molar-refractivity contribution in [2.75, 3.05) is 10.6 Å². The zero-order valence-electron chi connectivity index (χ0n) is 12.5. The summed E-state index contributed by atoms with van der Waals surface area (Å²) < 4.78 is 0. The van der Waals surface area contributed by atoms with Gasteiger partial charge < -0.3 is 10.6 Å². The number of nitrogens with one attached hydrogen (secondary N) is 2. The monoisotopic (exact) mass is 357 g/mol. The molecule has 2 aromatic carbocycles. The van der Waals surface area contributed by atoms with Crippen LogP contribution >= 0.6 is 23.2 Å². The van der Waals surface area contributed by atoms with Crippen LogP contribution in [0.5, 0.6) is 0 Å². The van der Waals surface area contributed by atoms with E-state index in [1.165, 1.54) is 0 Å². The summed E-state index contributed by atoms with van der Waals surface area (Å²) in [7, 11) is 0. The van der Waals surface area contributed by atoms with Crippen LogP contribution in [0.25, 0.3) is 0 Å². The Balaban J connectivity index is 1.68. The number of aromatic nitrogens is 1. The molecule has 0 unspecified atom stereocenters. The quantitative estimate of drug-likeness (QED) is 0.658. The lowest BCUT2D eigenvalue weighted by Crippen LogP contribution is -2.13. The first-order valence-corrected chi connectivity index (χ1v) is 7.92. The molecular weight excluding hydrogens is 345 g/mol. The van der Waals surface area contributed by atoms with E-state index >= 15 is 0 Å². The van der Waals surface area contributed by atoms with Crippen molar-refractivity contribution in [2.45, 2.75) is 0 Å². The van der Waals surface area contributed by atoms with E-state index in [1.54, 1.807) is 42.6 Å². The largest absolute Gasteiger partial charge is 0.354 e. The molecule has 0 aliphatic heterocycles. The number of rotatable bonds is 4. The van der Waals surface area contributed by atoms with Crippen molar-refractivity contribution in [1.82, 2.24) is 4.98 Å². The topological polar surface area (TPSA) is 54.0 Å². The molecule has 0 radical (unpaired) electrons. The fourth-order valence-electron chi connectivity index (χ4n) is 2.10. The molecule has 0 spiro atoms. The van der Waals surface area contributed by atoms with Gasteiger partial charge in [-0.2, -0.15) is 0 Å². The van der Waals surface area contributed by atoms with Gasteiger partial charge in [0.15, 0.2) is 0 Å². The fourth-order valence-corrected chi connectivity index (χ4v) is 2.52. The van der Waals surface area contributed by atoms with Crippen LogP contribution in [0.2, 0.25) is 10.0 Å². The molecule has 0 saturated carbocycles. The number of hydrogen-bond acceptors (Lipinski definition) is 3. The molecule has 1 aromatic heterocycles. The summed E-state index contributed by atoms with van der Waals surface area (Å²) in [6.45, 7) is 0. The van der Waals surface area contributed by atoms with Gasteiger partial charge >= 0.3 is 0 Å². The Morgan fingerprint density at radius 1 is 0.917 bits per heavy atom. The summed E-state index contributed by atoms with van der Waals surface area (Å²) in [5, 5.41) is 6.95. The van der Waals surface area contributed by atoms with Crippen molar-refractivity contribution in [3.63, 3.8) is 0 Å². The van der Waals surface area contributed by atoms with E-state index in [-0.39, 0.29) is 5.91 Å². The lowest BCUT2D eigenvalue weighted by molar-refractivity contribution is 0.102. The number of amides is 1. The van der Waals surface area contributed by atoms with Gasteiger partial charge in [0.1, 0.15) is 5.82 Å². The molecule has 24 heavy (non-hydrogen) atoms. The molecule has 0 bridgehead atoms. The minimum atomic E-state index is -0.302. The van der Waals surface area contributed by atoms with E-state index in [2.05, 4.69) is 15.6 Å². The van der Waals surface area contributed by atoms with Crippen LogP contribution in [0, 0.1) is 0 Å². The van der Waals surface area contributed by atoms with E-state index in [0.29, 0.717) is 21.4 Å². The number of hydrogen-bond donors (Lipinski definition) is 2. The van der Waals surface area contributed by atoms with Crippen molar-refractivity contribution in [2.24, 2.45) is 0 Å². The lowest BCUT2D eigenvalue weighted by Gasteiger charge is -2.09. The summed E-state index contributed by atoms with van der Waals surface area (Å²) in [5.74, 6) is 0.139. The maximum absolute atomic E-state index is 12.2. The standard InChI is InChI=1S/C18H13Cl2N3O/c19-12-4-3-5-13(10-12)22-14-8-9-17(21-11-14)23-18(24)15-6-1-2-7-16(15)20/h1-11,22H,(H,21,23,24). The molecule has 0 saturated heterocycles. The number of carbonyl (C=O) groups is 1. The van der Waals surface area contributed by atoms with Crippen LogP contribution in [0.4, 0.5) is 17.2 Å². The first kappa shape index (κ1) is 16.3. The predicted octanol–water partition coefficient (Wildman–Crippen LogP) is 5.38. The molecule has 1 amide bonds. The molecule has 120 valence electrons. The van der Waals surface area contributed by atoms with E-state index in [9.17, 15) is 4.79 Å². The smallest absolute Gasteiger partial charge is 0.258 e. The van der Waals surface area contributed by atoms with E-state index in [4.69, 9.17) is 23.2 Å². The number of anilines is 3. The van der Waals surface area contributed by atoms with Crippen LogP contribution in [0.1, 0.15) is 10.4 Å². The molecule has 4 nitrogen and oxygen atoms in total. The fraction of sp³-hybridized carbons (Fsp3) is 0. The first-order chi connectivity index (χ1) is 11.6. The van der Waals surface area contributed by atoms with Gasteiger partial charge in [-0.1, -0.05) is 41.4 Å². The number of nitrogens with zero attached hydrogens (tertiary/aromatic N) is 1. The summed E-state index contributed by atoms with van der Waals surface area (Å²) >= 11 is 12.0. The van der Waals surface area contributed by atoms with Crippen LogP contribution < -0.4 is 10.6 Å². The molecule has 3 rings (SSSR count). The average Bonchev–Trinajstić information content (AvgIpc) is 2.57. The Bertz CT molecular complexity index is 866. The second-order valence-corrected chi connectivity index (χ2v) is 5.85. The second-order valence-electron chi connectivity index (χ2n) is 5.00. The van der Waals surface area contributed by atoms with Crippen LogP contribution in [0.15, 0.2) is 66.9 Å². The predicted molar refractivity (Wildman–Crippen MR) is 98.4 cm³/mol. The maximum Gasteiger partial charge on any atom is 0.258 e. The van der Waals surface area contributed by atoms with Crippen molar-refractivity contribution >= 4 is 46.3 Å². The van der Waals surface area contributed by atoms with Crippen molar-refractivity contribution < 1.29 is 4.79 Å². The van der Waals surface area contributed by atoms with E-state index in [0.717, 1.165) is 11.4 Å². The van der Waals surface area contributed by atoms with Crippen molar-refractivity contribution in [1.29, 1.82) is 0 Å². The zero-order valence-corrected chi connectivity index (χ0v) is 14.0. The highest BCUT2D eigenvalue weighted by Crippen LogP contribution is 2.21. The third-order valence-corrected chi connectivity index (χ3v) is 3.80. The number of benzene rings is 2. The second kappa shape index (κ2) is 7.34. The van der Waals surface area contributed by atoms with E-state index < -0.39 is 0 Å². The van der Waals surface area contributed by atoms with Crippen molar-refractivity contribution in [3.8, 4) is 0 Å². The minimum Gasteiger partial charge on any atom is -0.354 e. The van der Waals surface area contributed by atoms with Gasteiger partial charge in [-0.05, 0) is 42.5 Å². The number of halogens is 2. The van der Waals surface area contributed by atoms with Crippen LogP contribution in [-0.2, 0) is 0 Å². The highest BCUT2D eigenvalue weighted by atomic mass is 35.5. The third-order valence-electron chi connectivity index (χ3n) is 3.24. The van der Waals surface area contributed by atoms with Gasteiger partial charge in [-0.15, -0.1) is 0 Å². The van der Waals surface area contributed by atoms with Gasteiger partial charge in [-0.25, -0.2) is 4.98 Å². The molecule has 0 atom stereocenters. The normalized spacial score (nSPS) is 10.2. The minimum absolute atomic E-state index is 0.302. The molecule has 3 aromatic rings. The first-order valence-electron chi connectivity index (χ1n) is 7.16. The molecule has 2 N–H and O–H groups in total. The highest BCUT2D eigenvalue weighted by Gasteiger charge is 2.10. The van der Waals surface area contributed by atoms with Crippen LogP contribution in [0.3, 0.4) is 0 Å². The molecule has 6 heteroatoms. The summed E-state index contributed by atoms with van der Waals surface area (Å²) in [5.41, 5.74) is 2.05. The maximum atomic E-state index is 12.2. The Morgan fingerprint density at radius 2 is 1.75 bits per heavy atom.